The van der Waals surface area contributed by atoms with Crippen LogP contribution in [0.25, 0.3) is 0 Å². The van der Waals surface area contributed by atoms with Crippen molar-refractivity contribution in [1.82, 2.24) is 0 Å². The van der Waals surface area contributed by atoms with Crippen molar-refractivity contribution < 1.29 is 38.1 Å². The van der Waals surface area contributed by atoms with Crippen LogP contribution in [0.15, 0.2) is 46.6 Å². The molecule has 8 nitrogen and oxygen atoms in total. The van der Waals surface area contributed by atoms with Gasteiger partial charge in [0.15, 0.2) is 0 Å². The lowest BCUT2D eigenvalue weighted by Gasteiger charge is -2.43. The summed E-state index contributed by atoms with van der Waals surface area (Å²) in [5.41, 5.74) is -1.29. The average molecular weight is 414 g/mol. The van der Waals surface area contributed by atoms with E-state index in [4.69, 9.17) is 18.9 Å². The monoisotopic (exact) mass is 414 g/mol. The molecular formula is C22H22O8. The van der Waals surface area contributed by atoms with Gasteiger partial charge >= 0.3 is 23.9 Å². The minimum atomic E-state index is -1.04. The molecule has 0 N–H and O–H groups in total. The summed E-state index contributed by atoms with van der Waals surface area (Å²) in [4.78, 5) is 51.0. The molecule has 4 aliphatic carbocycles. The smallest absolute Gasteiger partial charge is 0.335 e. The third kappa shape index (κ3) is 2.21. The highest BCUT2D eigenvalue weighted by Crippen LogP contribution is 2.71. The average Bonchev–Trinajstić information content (AvgIpc) is 3.53. The molecule has 4 atom stereocenters. The zero-order valence-corrected chi connectivity index (χ0v) is 17.1. The molecule has 0 unspecified atom stereocenters. The van der Waals surface area contributed by atoms with E-state index < -0.39 is 34.7 Å². The van der Waals surface area contributed by atoms with Crippen molar-refractivity contribution in [3.8, 4) is 0 Å². The number of hydrogen-bond acceptors (Lipinski definition) is 8. The molecule has 0 spiro atoms. The SMILES string of the molecule is COC(=O)C1=C(C(=O)OC)[C@@]2([C@]34C=C[C@@H](C3)C(C(=O)OC)=C4C(=O)OC)C=C[C@@H]1C2. The topological polar surface area (TPSA) is 105 Å². The lowest BCUT2D eigenvalue weighted by atomic mass is 9.57. The number of rotatable bonds is 5. The molecule has 0 aromatic heterocycles. The van der Waals surface area contributed by atoms with Crippen LogP contribution >= 0.6 is 0 Å². The van der Waals surface area contributed by atoms with Gasteiger partial charge in [0.05, 0.1) is 50.7 Å². The summed E-state index contributed by atoms with van der Waals surface area (Å²) < 4.78 is 19.9. The first-order chi connectivity index (χ1) is 14.3. The molecule has 0 radical (unpaired) electrons. The first kappa shape index (κ1) is 20.1. The molecule has 4 rings (SSSR count). The van der Waals surface area contributed by atoms with Gasteiger partial charge in [-0.1, -0.05) is 24.3 Å². The molecule has 8 heteroatoms. The van der Waals surface area contributed by atoms with Gasteiger partial charge in [0.1, 0.15) is 0 Å². The third-order valence-electron chi connectivity index (χ3n) is 6.87. The van der Waals surface area contributed by atoms with Crippen molar-refractivity contribution in [3.63, 3.8) is 0 Å². The van der Waals surface area contributed by atoms with Gasteiger partial charge in [-0.25, -0.2) is 19.2 Å². The van der Waals surface area contributed by atoms with Crippen LogP contribution in [0, 0.1) is 22.7 Å². The molecule has 0 saturated carbocycles. The summed E-state index contributed by atoms with van der Waals surface area (Å²) in [5, 5.41) is 0. The number of allylic oxidation sites excluding steroid dienone is 4. The fourth-order valence-electron chi connectivity index (χ4n) is 5.77. The second kappa shape index (κ2) is 6.68. The first-order valence-electron chi connectivity index (χ1n) is 9.53. The highest BCUT2D eigenvalue weighted by Gasteiger charge is 2.69. The number of fused-ring (bicyclic) bond motifs is 5. The van der Waals surface area contributed by atoms with E-state index in [2.05, 4.69) is 0 Å². The number of methoxy groups -OCH3 is 4. The van der Waals surface area contributed by atoms with Crippen molar-refractivity contribution in [3.05, 3.63) is 46.6 Å². The minimum Gasteiger partial charge on any atom is -0.466 e. The molecule has 0 amide bonds. The van der Waals surface area contributed by atoms with E-state index in [9.17, 15) is 19.2 Å². The molecule has 30 heavy (non-hydrogen) atoms. The van der Waals surface area contributed by atoms with Gasteiger partial charge in [-0.3, -0.25) is 0 Å². The van der Waals surface area contributed by atoms with Gasteiger partial charge < -0.3 is 18.9 Å². The van der Waals surface area contributed by atoms with Gasteiger partial charge in [-0.2, -0.15) is 0 Å². The van der Waals surface area contributed by atoms with Crippen molar-refractivity contribution in [2.45, 2.75) is 12.8 Å². The predicted octanol–water partition coefficient (Wildman–Crippen LogP) is 1.42. The molecule has 4 aliphatic rings. The van der Waals surface area contributed by atoms with Crippen molar-refractivity contribution in [2.75, 3.05) is 28.4 Å². The van der Waals surface area contributed by atoms with Gasteiger partial charge in [-0.15, -0.1) is 0 Å². The van der Waals surface area contributed by atoms with E-state index >= 15 is 0 Å². The predicted molar refractivity (Wildman–Crippen MR) is 101 cm³/mol. The number of carbonyl (C=O) groups is 4. The third-order valence-corrected chi connectivity index (χ3v) is 6.87. The molecule has 0 aliphatic heterocycles. The fraction of sp³-hybridized carbons (Fsp3) is 0.455. The van der Waals surface area contributed by atoms with Crippen LogP contribution < -0.4 is 0 Å². The van der Waals surface area contributed by atoms with Crippen molar-refractivity contribution >= 4 is 23.9 Å². The Bertz CT molecular complexity index is 917. The number of carbonyl (C=O) groups excluding carboxylic acids is 4. The number of ether oxygens (including phenoxy) is 4. The molecule has 0 saturated heterocycles. The second-order valence-electron chi connectivity index (χ2n) is 7.83. The molecule has 0 aromatic rings. The van der Waals surface area contributed by atoms with Crippen molar-refractivity contribution in [1.29, 1.82) is 0 Å². The first-order valence-corrected chi connectivity index (χ1v) is 9.53. The molecule has 158 valence electrons. The van der Waals surface area contributed by atoms with Crippen LogP contribution in [0.4, 0.5) is 0 Å². The largest absolute Gasteiger partial charge is 0.466 e. The van der Waals surface area contributed by atoms with E-state index in [0.717, 1.165) is 0 Å². The zero-order valence-electron chi connectivity index (χ0n) is 17.1. The molecule has 4 bridgehead atoms. The Balaban J connectivity index is 2.00. The van der Waals surface area contributed by atoms with Gasteiger partial charge in [0, 0.05) is 22.7 Å². The summed E-state index contributed by atoms with van der Waals surface area (Å²) in [5.74, 6) is -3.26. The van der Waals surface area contributed by atoms with Crippen LogP contribution in [0.1, 0.15) is 12.8 Å². The Hall–Kier alpha value is -3.16. The Morgan fingerprint density at radius 2 is 1.00 bits per heavy atom. The van der Waals surface area contributed by atoms with Gasteiger partial charge in [-0.05, 0) is 12.8 Å². The zero-order chi connectivity index (χ0) is 21.8. The highest BCUT2D eigenvalue weighted by atomic mass is 16.5. The lowest BCUT2D eigenvalue weighted by Crippen LogP contribution is -2.43. The van der Waals surface area contributed by atoms with Crippen LogP contribution in [0.2, 0.25) is 0 Å². The van der Waals surface area contributed by atoms with E-state index in [-0.39, 0.29) is 34.1 Å². The maximum absolute atomic E-state index is 12.9. The summed E-state index contributed by atoms with van der Waals surface area (Å²) in [6, 6.07) is 0. The van der Waals surface area contributed by atoms with E-state index in [1.807, 2.05) is 24.3 Å². The van der Waals surface area contributed by atoms with Crippen LogP contribution in [-0.2, 0) is 38.1 Å². The summed E-state index contributed by atoms with van der Waals surface area (Å²) in [7, 11) is 4.98. The molecule has 0 fully saturated rings. The number of esters is 4. The summed E-state index contributed by atoms with van der Waals surface area (Å²) >= 11 is 0. The summed E-state index contributed by atoms with van der Waals surface area (Å²) in [6.07, 6.45) is 8.17. The number of hydrogen-bond donors (Lipinski definition) is 0. The Morgan fingerprint density at radius 3 is 1.30 bits per heavy atom. The molecule has 0 heterocycles. The van der Waals surface area contributed by atoms with E-state index in [1.54, 1.807) is 0 Å². The molecular weight excluding hydrogens is 392 g/mol. The van der Waals surface area contributed by atoms with Crippen LogP contribution in [-0.4, -0.2) is 52.3 Å². The summed E-state index contributed by atoms with van der Waals surface area (Å²) in [6.45, 7) is 0. The second-order valence-corrected chi connectivity index (χ2v) is 7.83. The molecule has 0 aromatic carbocycles. The Labute approximate surface area is 173 Å². The minimum absolute atomic E-state index is 0.169. The van der Waals surface area contributed by atoms with Gasteiger partial charge in [0.25, 0.3) is 0 Å². The van der Waals surface area contributed by atoms with Gasteiger partial charge in [0.2, 0.25) is 0 Å². The highest BCUT2D eigenvalue weighted by molar-refractivity contribution is 6.08. The van der Waals surface area contributed by atoms with Crippen LogP contribution in [0.3, 0.4) is 0 Å². The van der Waals surface area contributed by atoms with Crippen LogP contribution in [0.5, 0.6) is 0 Å². The van der Waals surface area contributed by atoms with E-state index in [1.165, 1.54) is 28.4 Å². The standard InChI is InChI=1S/C22H22O8/c1-27-17(23)13-11-5-7-21(9-11,15(13)19(25)29-3)22-8-6-12(10-22)14(18(24)28-2)16(22)20(26)30-4/h5-8,11-12H,9-10H2,1-4H3/t11-,12+,21-,22-/m1/s1. The fourth-order valence-corrected chi connectivity index (χ4v) is 5.77. The normalized spacial score (nSPS) is 32.7. The lowest BCUT2D eigenvalue weighted by molar-refractivity contribution is -0.141. The van der Waals surface area contributed by atoms with Crippen molar-refractivity contribution in [2.24, 2.45) is 22.7 Å². The van der Waals surface area contributed by atoms with E-state index in [0.29, 0.717) is 12.8 Å². The quantitative estimate of drug-likeness (QED) is 0.378. The Kier molecular flexibility index (Phi) is 4.48. The maximum atomic E-state index is 12.9. The Morgan fingerprint density at radius 1 is 0.667 bits per heavy atom. The maximum Gasteiger partial charge on any atom is 0.335 e.